The molecule has 1 rings (SSSR count). The van der Waals surface area contributed by atoms with Crippen molar-refractivity contribution < 1.29 is 9.47 Å². The number of benzene rings is 1. The average Bonchev–Trinajstić information content (AvgIpc) is 2.25. The summed E-state index contributed by atoms with van der Waals surface area (Å²) in [4.78, 5) is 0. The number of ether oxygens (including phenoxy) is 2. The highest BCUT2D eigenvalue weighted by atomic mass is 79.9. The molecule has 0 amide bonds. The molecule has 0 aliphatic heterocycles. The molecule has 15 heavy (non-hydrogen) atoms. The fourth-order valence-corrected chi connectivity index (χ4v) is 1.90. The van der Waals surface area contributed by atoms with Gasteiger partial charge in [0.1, 0.15) is 11.6 Å². The van der Waals surface area contributed by atoms with Crippen LogP contribution in [0, 0.1) is 25.2 Å². The molecule has 0 saturated heterocycles. The summed E-state index contributed by atoms with van der Waals surface area (Å²) in [6, 6.07) is 2.12. The molecular weight excluding hydrogens is 258 g/mol. The second-order valence-electron chi connectivity index (χ2n) is 3.12. The maximum Gasteiger partial charge on any atom is 0.179 e. The van der Waals surface area contributed by atoms with Crippen LogP contribution < -0.4 is 9.47 Å². The number of hydrogen-bond acceptors (Lipinski definition) is 3. The fourth-order valence-electron chi connectivity index (χ4n) is 1.52. The molecule has 0 fully saturated rings. The van der Waals surface area contributed by atoms with Gasteiger partial charge in [-0.2, -0.15) is 5.26 Å². The van der Waals surface area contributed by atoms with Crippen molar-refractivity contribution in [3.63, 3.8) is 0 Å². The Hall–Kier alpha value is -1.21. The molecule has 1 aromatic rings. The SMILES string of the molecule is COc1c(C)c(Br)c(C)c(C#N)c1OC. The molecule has 0 aliphatic carbocycles. The van der Waals surface area contributed by atoms with Gasteiger partial charge in [0.05, 0.1) is 14.2 Å². The molecule has 80 valence electrons. The second-order valence-corrected chi connectivity index (χ2v) is 3.91. The van der Waals surface area contributed by atoms with Gasteiger partial charge in [-0.25, -0.2) is 0 Å². The molecule has 1 aromatic carbocycles. The van der Waals surface area contributed by atoms with E-state index in [1.807, 2.05) is 13.8 Å². The lowest BCUT2D eigenvalue weighted by Crippen LogP contribution is -2.00. The second kappa shape index (κ2) is 4.54. The highest BCUT2D eigenvalue weighted by Gasteiger charge is 2.19. The Morgan fingerprint density at radius 1 is 1.07 bits per heavy atom. The Balaban J connectivity index is 3.68. The van der Waals surface area contributed by atoms with E-state index in [1.165, 1.54) is 7.11 Å². The van der Waals surface area contributed by atoms with Gasteiger partial charge in [-0.15, -0.1) is 0 Å². The fraction of sp³-hybridized carbons (Fsp3) is 0.364. The van der Waals surface area contributed by atoms with Gasteiger partial charge in [-0.05, 0) is 19.4 Å². The smallest absolute Gasteiger partial charge is 0.179 e. The van der Waals surface area contributed by atoms with Crippen molar-refractivity contribution >= 4 is 15.9 Å². The third-order valence-electron chi connectivity index (χ3n) is 2.33. The summed E-state index contributed by atoms with van der Waals surface area (Å²) in [5.74, 6) is 1.10. The number of halogens is 1. The maximum absolute atomic E-state index is 9.06. The monoisotopic (exact) mass is 269 g/mol. The van der Waals surface area contributed by atoms with Crippen LogP contribution in [0.3, 0.4) is 0 Å². The summed E-state index contributed by atoms with van der Waals surface area (Å²) in [6.07, 6.45) is 0. The zero-order valence-corrected chi connectivity index (χ0v) is 10.7. The van der Waals surface area contributed by atoms with E-state index >= 15 is 0 Å². The number of rotatable bonds is 2. The van der Waals surface area contributed by atoms with E-state index in [0.717, 1.165) is 15.6 Å². The van der Waals surface area contributed by atoms with E-state index in [4.69, 9.17) is 14.7 Å². The summed E-state index contributed by atoms with van der Waals surface area (Å²) in [6.45, 7) is 3.79. The number of nitriles is 1. The molecule has 0 aliphatic rings. The van der Waals surface area contributed by atoms with E-state index in [2.05, 4.69) is 22.0 Å². The predicted octanol–water partition coefficient (Wildman–Crippen LogP) is 2.95. The van der Waals surface area contributed by atoms with Crippen molar-refractivity contribution in [3.05, 3.63) is 21.2 Å². The van der Waals surface area contributed by atoms with Crippen molar-refractivity contribution in [1.82, 2.24) is 0 Å². The van der Waals surface area contributed by atoms with E-state index in [0.29, 0.717) is 17.1 Å². The van der Waals surface area contributed by atoms with Crippen LogP contribution in [0.2, 0.25) is 0 Å². The molecule has 0 radical (unpaired) electrons. The van der Waals surface area contributed by atoms with Gasteiger partial charge >= 0.3 is 0 Å². The highest BCUT2D eigenvalue weighted by molar-refractivity contribution is 9.10. The van der Waals surface area contributed by atoms with Crippen LogP contribution in [0.1, 0.15) is 16.7 Å². The summed E-state index contributed by atoms with van der Waals surface area (Å²) < 4.78 is 11.3. The van der Waals surface area contributed by atoms with Crippen LogP contribution in [0.4, 0.5) is 0 Å². The topological polar surface area (TPSA) is 42.2 Å². The Kier molecular flexibility index (Phi) is 3.59. The molecule has 0 heterocycles. The highest BCUT2D eigenvalue weighted by Crippen LogP contribution is 2.41. The normalized spacial score (nSPS) is 9.60. The summed E-state index contributed by atoms with van der Waals surface area (Å²) in [5, 5.41) is 9.06. The Labute approximate surface area is 97.7 Å². The number of hydrogen-bond donors (Lipinski definition) is 0. The van der Waals surface area contributed by atoms with Gasteiger partial charge in [0.15, 0.2) is 11.5 Å². The summed E-state index contributed by atoms with van der Waals surface area (Å²) >= 11 is 3.44. The number of nitrogens with zero attached hydrogens (tertiary/aromatic N) is 1. The largest absolute Gasteiger partial charge is 0.492 e. The van der Waals surface area contributed by atoms with Crippen LogP contribution in [0.5, 0.6) is 11.5 Å². The van der Waals surface area contributed by atoms with Crippen molar-refractivity contribution in [2.24, 2.45) is 0 Å². The molecule has 4 heteroatoms. The minimum atomic E-state index is 0.498. The van der Waals surface area contributed by atoms with Crippen molar-refractivity contribution in [2.75, 3.05) is 14.2 Å². The van der Waals surface area contributed by atoms with Crippen molar-refractivity contribution in [3.8, 4) is 17.6 Å². The van der Waals surface area contributed by atoms with Gasteiger partial charge in [0, 0.05) is 10.0 Å². The molecular formula is C11H12BrNO2. The lowest BCUT2D eigenvalue weighted by molar-refractivity contribution is 0.351. The van der Waals surface area contributed by atoms with Crippen LogP contribution in [-0.4, -0.2) is 14.2 Å². The van der Waals surface area contributed by atoms with Gasteiger partial charge in [0.25, 0.3) is 0 Å². The van der Waals surface area contributed by atoms with Crippen LogP contribution in [0.25, 0.3) is 0 Å². The Morgan fingerprint density at radius 2 is 1.60 bits per heavy atom. The van der Waals surface area contributed by atoms with E-state index < -0.39 is 0 Å². The minimum absolute atomic E-state index is 0.498. The lowest BCUT2D eigenvalue weighted by Gasteiger charge is -2.15. The van der Waals surface area contributed by atoms with E-state index in [9.17, 15) is 0 Å². The molecule has 3 nitrogen and oxygen atoms in total. The molecule has 0 unspecified atom stereocenters. The van der Waals surface area contributed by atoms with Gasteiger partial charge in [-0.3, -0.25) is 0 Å². The van der Waals surface area contributed by atoms with E-state index in [1.54, 1.807) is 7.11 Å². The molecule has 0 saturated carbocycles. The van der Waals surface area contributed by atoms with E-state index in [-0.39, 0.29) is 0 Å². The standard InChI is InChI=1S/C11H12BrNO2/c1-6-8(5-13)11(15-4)10(14-3)7(2)9(6)12/h1-4H3. The Bertz CT molecular complexity index is 435. The van der Waals surface area contributed by atoms with Crippen LogP contribution in [0.15, 0.2) is 4.47 Å². The van der Waals surface area contributed by atoms with Crippen LogP contribution in [-0.2, 0) is 0 Å². The van der Waals surface area contributed by atoms with Gasteiger partial charge in [-0.1, -0.05) is 15.9 Å². The molecule has 0 bridgehead atoms. The first-order valence-corrected chi connectivity index (χ1v) is 5.18. The minimum Gasteiger partial charge on any atom is -0.492 e. The predicted molar refractivity (Wildman–Crippen MR) is 61.4 cm³/mol. The maximum atomic E-state index is 9.06. The molecule has 0 aromatic heterocycles. The molecule has 0 spiro atoms. The zero-order chi connectivity index (χ0) is 11.6. The molecule has 0 N–H and O–H groups in total. The third kappa shape index (κ3) is 1.80. The third-order valence-corrected chi connectivity index (χ3v) is 3.52. The first kappa shape index (κ1) is 11.9. The summed E-state index contributed by atoms with van der Waals surface area (Å²) in [7, 11) is 3.10. The summed E-state index contributed by atoms with van der Waals surface area (Å²) in [5.41, 5.74) is 2.31. The van der Waals surface area contributed by atoms with Gasteiger partial charge < -0.3 is 9.47 Å². The lowest BCUT2D eigenvalue weighted by atomic mass is 10.0. The quantitative estimate of drug-likeness (QED) is 0.829. The average molecular weight is 270 g/mol. The Morgan fingerprint density at radius 3 is 2.00 bits per heavy atom. The zero-order valence-electron chi connectivity index (χ0n) is 9.14. The van der Waals surface area contributed by atoms with Crippen molar-refractivity contribution in [1.29, 1.82) is 5.26 Å². The van der Waals surface area contributed by atoms with Crippen LogP contribution >= 0.6 is 15.9 Å². The van der Waals surface area contributed by atoms with Gasteiger partial charge in [0.2, 0.25) is 0 Å². The van der Waals surface area contributed by atoms with Crippen molar-refractivity contribution in [2.45, 2.75) is 13.8 Å². The first-order valence-electron chi connectivity index (χ1n) is 4.39. The first-order chi connectivity index (χ1) is 7.08. The molecule has 0 atom stereocenters. The number of methoxy groups -OCH3 is 2.